The van der Waals surface area contributed by atoms with Gasteiger partial charge < -0.3 is 21.1 Å². The predicted molar refractivity (Wildman–Crippen MR) is 141 cm³/mol. The Balaban J connectivity index is 1.54. The van der Waals surface area contributed by atoms with Gasteiger partial charge in [0.1, 0.15) is 11.6 Å². The number of nitrogens with two attached hydrogens (primary N) is 1. The van der Waals surface area contributed by atoms with Gasteiger partial charge in [0, 0.05) is 30.6 Å². The summed E-state index contributed by atoms with van der Waals surface area (Å²) in [5, 5.41) is 13.7. The summed E-state index contributed by atoms with van der Waals surface area (Å²) in [5.74, 6) is 2.17. The van der Waals surface area contributed by atoms with Crippen molar-refractivity contribution in [3.05, 3.63) is 58.9 Å². The van der Waals surface area contributed by atoms with Gasteiger partial charge in [-0.05, 0) is 93.3 Å². The van der Waals surface area contributed by atoms with Crippen LogP contribution >= 0.6 is 0 Å². The van der Waals surface area contributed by atoms with Crippen LogP contribution in [-0.4, -0.2) is 46.1 Å². The molecule has 7 nitrogen and oxygen atoms in total. The molecule has 1 aliphatic carbocycles. The lowest BCUT2D eigenvalue weighted by Gasteiger charge is -2.30. The Hall–Kier alpha value is -3.19. The van der Waals surface area contributed by atoms with Gasteiger partial charge in [0.05, 0.1) is 18.2 Å². The molecule has 0 radical (unpaired) electrons. The molecule has 4 N–H and O–H groups in total. The summed E-state index contributed by atoms with van der Waals surface area (Å²) in [6, 6.07) is 12.6. The van der Waals surface area contributed by atoms with Gasteiger partial charge in [0.2, 0.25) is 5.91 Å². The smallest absolute Gasteiger partial charge is 0.225 e. The minimum Gasteiger partial charge on any atom is -0.399 e. The predicted octanol–water partition coefficient (Wildman–Crippen LogP) is 4.73. The zero-order valence-corrected chi connectivity index (χ0v) is 21.2. The van der Waals surface area contributed by atoms with Crippen molar-refractivity contribution < 1.29 is 9.90 Å². The highest BCUT2D eigenvalue weighted by Crippen LogP contribution is 2.38. The van der Waals surface area contributed by atoms with E-state index in [1.807, 2.05) is 19.1 Å². The zero-order chi connectivity index (χ0) is 25.1. The van der Waals surface area contributed by atoms with Crippen LogP contribution in [0.1, 0.15) is 67.1 Å². The van der Waals surface area contributed by atoms with Crippen LogP contribution in [0.3, 0.4) is 0 Å². The van der Waals surface area contributed by atoms with Crippen molar-refractivity contribution in [3.8, 4) is 0 Å². The number of aryl methyl sites for hydroxylation is 2. The number of hydrogen-bond acceptors (Lipinski definition) is 6. The first-order chi connectivity index (χ1) is 16.7. The minimum atomic E-state index is 0.00245. The number of carbonyl (C=O) groups excluding carboxylic acids is 1. The standard InChI is InChI=1S/C28H37N5O2/c1-17-13-23(15-24(29)14-17)18(2)30-27-25-16-22(9-10-26(25)31-19(3)32-27)20-5-7-21(8-6-20)28(35)33(4)11-12-34/h9-10,13-16,18,20-21,34H,5-8,11-12,29H2,1-4H3,(H,30,31,32)/t18-,20?,21?/m1/s1. The topological polar surface area (TPSA) is 104 Å². The third kappa shape index (κ3) is 5.73. The summed E-state index contributed by atoms with van der Waals surface area (Å²) in [7, 11) is 1.77. The Bertz CT molecular complexity index is 1180. The molecular formula is C28H37N5O2. The lowest BCUT2D eigenvalue weighted by atomic mass is 9.78. The van der Waals surface area contributed by atoms with Crippen LogP contribution in [0.2, 0.25) is 0 Å². The minimum absolute atomic E-state index is 0.00245. The van der Waals surface area contributed by atoms with Gasteiger partial charge in [-0.1, -0.05) is 12.1 Å². The van der Waals surface area contributed by atoms with Crippen LogP contribution in [0.15, 0.2) is 36.4 Å². The number of hydrogen-bond donors (Lipinski definition) is 3. The number of likely N-dealkylation sites (N-methyl/N-ethyl adjacent to an activating group) is 1. The Morgan fingerprint density at radius 2 is 1.89 bits per heavy atom. The van der Waals surface area contributed by atoms with Crippen LogP contribution in [0.4, 0.5) is 11.5 Å². The van der Waals surface area contributed by atoms with E-state index >= 15 is 0 Å². The Labute approximate surface area is 207 Å². The van der Waals surface area contributed by atoms with Crippen molar-refractivity contribution in [2.75, 3.05) is 31.2 Å². The molecule has 0 bridgehead atoms. The van der Waals surface area contributed by atoms with E-state index in [1.165, 1.54) is 5.56 Å². The first-order valence-electron chi connectivity index (χ1n) is 12.5. The van der Waals surface area contributed by atoms with E-state index in [-0.39, 0.29) is 24.5 Å². The molecule has 1 atom stereocenters. The molecule has 1 heterocycles. The Kier molecular flexibility index (Phi) is 7.55. The van der Waals surface area contributed by atoms with E-state index in [9.17, 15) is 4.79 Å². The third-order valence-electron chi connectivity index (χ3n) is 7.17. The average molecular weight is 476 g/mol. The van der Waals surface area contributed by atoms with E-state index < -0.39 is 0 Å². The number of aliphatic hydroxyl groups is 1. The van der Waals surface area contributed by atoms with E-state index in [0.29, 0.717) is 12.5 Å². The Morgan fingerprint density at radius 1 is 1.14 bits per heavy atom. The third-order valence-corrected chi connectivity index (χ3v) is 7.17. The van der Waals surface area contributed by atoms with Crippen molar-refractivity contribution in [3.63, 3.8) is 0 Å². The monoisotopic (exact) mass is 475 g/mol. The number of nitrogen functional groups attached to an aromatic ring is 1. The number of nitrogens with zero attached hydrogens (tertiary/aromatic N) is 3. The normalized spacial score (nSPS) is 18.9. The molecule has 0 saturated heterocycles. The van der Waals surface area contributed by atoms with Crippen molar-refractivity contribution in [1.82, 2.24) is 14.9 Å². The van der Waals surface area contributed by atoms with E-state index in [1.54, 1.807) is 11.9 Å². The van der Waals surface area contributed by atoms with Gasteiger partial charge in [-0.3, -0.25) is 4.79 Å². The quantitative estimate of drug-likeness (QED) is 0.427. The number of rotatable bonds is 7. The maximum absolute atomic E-state index is 12.6. The molecular weight excluding hydrogens is 438 g/mol. The molecule has 4 rings (SSSR count). The Morgan fingerprint density at radius 3 is 2.57 bits per heavy atom. The van der Waals surface area contributed by atoms with Gasteiger partial charge in [-0.2, -0.15) is 0 Å². The van der Waals surface area contributed by atoms with Crippen molar-refractivity contribution >= 4 is 28.3 Å². The molecule has 1 aliphatic rings. The van der Waals surface area contributed by atoms with E-state index in [0.717, 1.165) is 65.0 Å². The number of aromatic nitrogens is 2. The van der Waals surface area contributed by atoms with E-state index in [4.69, 9.17) is 15.8 Å². The molecule has 1 aromatic heterocycles. The van der Waals surface area contributed by atoms with Gasteiger partial charge in [0.15, 0.2) is 0 Å². The largest absolute Gasteiger partial charge is 0.399 e. The lowest BCUT2D eigenvalue weighted by molar-refractivity contribution is -0.135. The summed E-state index contributed by atoms with van der Waals surface area (Å²) in [5.41, 5.74) is 11.3. The molecule has 1 saturated carbocycles. The average Bonchev–Trinajstić information content (AvgIpc) is 2.83. The lowest BCUT2D eigenvalue weighted by Crippen LogP contribution is -2.36. The molecule has 2 aromatic carbocycles. The number of amides is 1. The van der Waals surface area contributed by atoms with E-state index in [2.05, 4.69) is 48.4 Å². The van der Waals surface area contributed by atoms with Crippen molar-refractivity contribution in [1.29, 1.82) is 0 Å². The SMILES string of the molecule is Cc1cc(N)cc([C@@H](C)Nc2nc(C)nc3ccc(C4CCC(C(=O)N(C)CCO)CC4)cc23)c1. The molecule has 3 aromatic rings. The first kappa shape index (κ1) is 24.9. The van der Waals surface area contributed by atoms with Crippen LogP contribution in [0.5, 0.6) is 0 Å². The van der Waals surface area contributed by atoms with Gasteiger partial charge in [0.25, 0.3) is 0 Å². The molecule has 7 heteroatoms. The maximum atomic E-state index is 12.6. The fourth-order valence-electron chi connectivity index (χ4n) is 5.25. The second kappa shape index (κ2) is 10.6. The van der Waals surface area contributed by atoms with Crippen LogP contribution in [0.25, 0.3) is 10.9 Å². The summed E-state index contributed by atoms with van der Waals surface area (Å²) in [6.45, 7) is 6.48. The van der Waals surface area contributed by atoms with Crippen LogP contribution in [0, 0.1) is 19.8 Å². The van der Waals surface area contributed by atoms with Gasteiger partial charge >= 0.3 is 0 Å². The number of nitrogens with one attached hydrogen (secondary N) is 1. The molecule has 0 spiro atoms. The van der Waals surface area contributed by atoms with Gasteiger partial charge in [-0.25, -0.2) is 9.97 Å². The highest BCUT2D eigenvalue weighted by atomic mass is 16.3. The van der Waals surface area contributed by atoms with Crippen LogP contribution in [-0.2, 0) is 4.79 Å². The van der Waals surface area contributed by atoms with Crippen LogP contribution < -0.4 is 11.1 Å². The van der Waals surface area contributed by atoms with Crippen molar-refractivity contribution in [2.45, 2.75) is 58.4 Å². The number of carbonyl (C=O) groups is 1. The highest BCUT2D eigenvalue weighted by molar-refractivity contribution is 5.90. The fraction of sp³-hybridized carbons (Fsp3) is 0.464. The fourth-order valence-corrected chi connectivity index (χ4v) is 5.25. The number of benzene rings is 2. The second-order valence-electron chi connectivity index (χ2n) is 9.97. The summed E-state index contributed by atoms with van der Waals surface area (Å²) in [6.07, 6.45) is 3.70. The summed E-state index contributed by atoms with van der Waals surface area (Å²) >= 11 is 0. The number of aliphatic hydroxyl groups excluding tert-OH is 1. The van der Waals surface area contributed by atoms with Crippen molar-refractivity contribution in [2.24, 2.45) is 5.92 Å². The van der Waals surface area contributed by atoms with Gasteiger partial charge in [-0.15, -0.1) is 0 Å². The second-order valence-corrected chi connectivity index (χ2v) is 9.97. The summed E-state index contributed by atoms with van der Waals surface area (Å²) < 4.78 is 0. The summed E-state index contributed by atoms with van der Waals surface area (Å²) in [4.78, 5) is 23.7. The molecule has 1 amide bonds. The highest BCUT2D eigenvalue weighted by Gasteiger charge is 2.29. The molecule has 186 valence electrons. The number of anilines is 2. The molecule has 35 heavy (non-hydrogen) atoms. The molecule has 1 fully saturated rings. The first-order valence-corrected chi connectivity index (χ1v) is 12.5. The number of fused-ring (bicyclic) bond motifs is 1. The maximum Gasteiger partial charge on any atom is 0.225 e. The zero-order valence-electron chi connectivity index (χ0n) is 21.2. The molecule has 0 unspecified atom stereocenters. The molecule has 0 aliphatic heterocycles.